The predicted octanol–water partition coefficient (Wildman–Crippen LogP) is 5.90. The molecule has 0 saturated carbocycles. The summed E-state index contributed by atoms with van der Waals surface area (Å²) < 4.78 is 5.15. The molecule has 0 spiro atoms. The van der Waals surface area contributed by atoms with Gasteiger partial charge in [0.15, 0.2) is 5.75 Å². The summed E-state index contributed by atoms with van der Waals surface area (Å²) in [6.45, 7) is 0. The first-order chi connectivity index (χ1) is 12.5. The first-order valence-electron chi connectivity index (χ1n) is 7.42. The monoisotopic (exact) mass is 402 g/mol. The Hall–Kier alpha value is -2.52. The number of benzene rings is 2. The molecule has 0 unspecified atom stereocenters. The van der Waals surface area contributed by atoms with Crippen LogP contribution in [0.15, 0.2) is 41.8 Å². The number of aromatic nitrogens is 1. The topological polar surface area (TPSA) is 66.1 Å². The van der Waals surface area contributed by atoms with E-state index in [1.165, 1.54) is 23.5 Å². The van der Waals surface area contributed by atoms with Crippen LogP contribution in [-0.4, -0.2) is 17.2 Å². The SMILES string of the molecule is COc1ccc(-c2csc(/C(C#N)=C/c3cc(Cl)c(O)c(Cl)c3)n2)cc1. The van der Waals surface area contributed by atoms with E-state index in [2.05, 4.69) is 11.1 Å². The van der Waals surface area contributed by atoms with Crippen LogP contribution in [0.4, 0.5) is 0 Å². The highest BCUT2D eigenvalue weighted by Crippen LogP contribution is 2.34. The molecule has 7 heteroatoms. The second-order valence-electron chi connectivity index (χ2n) is 5.27. The molecule has 0 aliphatic heterocycles. The maximum absolute atomic E-state index is 9.64. The number of nitriles is 1. The largest absolute Gasteiger partial charge is 0.505 e. The summed E-state index contributed by atoms with van der Waals surface area (Å²) in [6.07, 6.45) is 1.63. The van der Waals surface area contributed by atoms with Crippen molar-refractivity contribution in [2.75, 3.05) is 7.11 Å². The van der Waals surface area contributed by atoms with Crippen LogP contribution in [-0.2, 0) is 0 Å². The molecule has 0 fully saturated rings. The van der Waals surface area contributed by atoms with E-state index < -0.39 is 0 Å². The minimum Gasteiger partial charge on any atom is -0.505 e. The molecular formula is C19H12Cl2N2O2S. The van der Waals surface area contributed by atoms with Crippen LogP contribution in [0.5, 0.6) is 11.5 Å². The van der Waals surface area contributed by atoms with Gasteiger partial charge in [-0.2, -0.15) is 5.26 Å². The van der Waals surface area contributed by atoms with Crippen molar-refractivity contribution in [1.29, 1.82) is 5.26 Å². The summed E-state index contributed by atoms with van der Waals surface area (Å²) in [7, 11) is 1.61. The highest BCUT2D eigenvalue weighted by Gasteiger charge is 2.11. The number of thiazole rings is 1. The highest BCUT2D eigenvalue weighted by molar-refractivity contribution is 7.11. The van der Waals surface area contributed by atoms with E-state index in [-0.39, 0.29) is 15.8 Å². The van der Waals surface area contributed by atoms with Crippen molar-refractivity contribution in [2.45, 2.75) is 0 Å². The van der Waals surface area contributed by atoms with Crippen molar-refractivity contribution >= 4 is 46.2 Å². The average molecular weight is 403 g/mol. The van der Waals surface area contributed by atoms with Crippen LogP contribution in [0.2, 0.25) is 10.0 Å². The summed E-state index contributed by atoms with van der Waals surface area (Å²) in [5.41, 5.74) is 2.69. The van der Waals surface area contributed by atoms with Crippen molar-refractivity contribution in [2.24, 2.45) is 0 Å². The zero-order valence-corrected chi connectivity index (χ0v) is 15.9. The molecule has 3 rings (SSSR count). The molecule has 1 heterocycles. The number of allylic oxidation sites excluding steroid dienone is 1. The molecule has 2 aromatic carbocycles. The number of phenolic OH excluding ortho intramolecular Hbond substituents is 1. The molecule has 0 radical (unpaired) electrons. The predicted molar refractivity (Wildman–Crippen MR) is 106 cm³/mol. The molecule has 0 aliphatic rings. The van der Waals surface area contributed by atoms with Gasteiger partial charge in [-0.3, -0.25) is 0 Å². The fourth-order valence-corrected chi connectivity index (χ4v) is 3.57. The number of halogens is 2. The zero-order chi connectivity index (χ0) is 18.7. The van der Waals surface area contributed by atoms with E-state index in [0.717, 1.165) is 17.0 Å². The molecule has 0 amide bonds. The Labute approximate surface area is 164 Å². The number of methoxy groups -OCH3 is 1. The zero-order valence-electron chi connectivity index (χ0n) is 13.5. The first kappa shape index (κ1) is 18.3. The number of hydrogen-bond acceptors (Lipinski definition) is 5. The Morgan fingerprint density at radius 1 is 1.23 bits per heavy atom. The maximum Gasteiger partial charge on any atom is 0.152 e. The molecule has 1 N–H and O–H groups in total. The van der Waals surface area contributed by atoms with Gasteiger partial charge in [0.1, 0.15) is 16.8 Å². The minimum absolute atomic E-state index is 0.124. The molecule has 0 aliphatic carbocycles. The van der Waals surface area contributed by atoms with Crippen LogP contribution in [0.1, 0.15) is 10.6 Å². The van der Waals surface area contributed by atoms with E-state index >= 15 is 0 Å². The van der Waals surface area contributed by atoms with Gasteiger partial charge in [0.05, 0.1) is 28.4 Å². The van der Waals surface area contributed by atoms with E-state index in [9.17, 15) is 10.4 Å². The summed E-state index contributed by atoms with van der Waals surface area (Å²) in [4.78, 5) is 4.54. The van der Waals surface area contributed by atoms with Crippen molar-refractivity contribution in [3.05, 3.63) is 62.4 Å². The summed E-state index contributed by atoms with van der Waals surface area (Å²) in [5.74, 6) is 0.586. The van der Waals surface area contributed by atoms with Gasteiger partial charge in [-0.15, -0.1) is 11.3 Å². The molecule has 130 valence electrons. The molecule has 0 bridgehead atoms. The van der Waals surface area contributed by atoms with Crippen molar-refractivity contribution < 1.29 is 9.84 Å². The summed E-state index contributed by atoms with van der Waals surface area (Å²) >= 11 is 13.2. The third-order valence-corrected chi connectivity index (χ3v) is 5.04. The molecular weight excluding hydrogens is 391 g/mol. The van der Waals surface area contributed by atoms with E-state index in [0.29, 0.717) is 16.1 Å². The van der Waals surface area contributed by atoms with Gasteiger partial charge in [0, 0.05) is 10.9 Å². The van der Waals surface area contributed by atoms with Crippen molar-refractivity contribution in [1.82, 2.24) is 4.98 Å². The summed E-state index contributed by atoms with van der Waals surface area (Å²) in [5, 5.41) is 21.9. The Morgan fingerprint density at radius 2 is 1.88 bits per heavy atom. The van der Waals surface area contributed by atoms with Gasteiger partial charge in [0.2, 0.25) is 0 Å². The lowest BCUT2D eigenvalue weighted by Crippen LogP contribution is -1.85. The lowest BCUT2D eigenvalue weighted by atomic mass is 10.1. The molecule has 3 aromatic rings. The van der Waals surface area contributed by atoms with Crippen LogP contribution in [0.25, 0.3) is 22.9 Å². The molecule has 1 aromatic heterocycles. The summed E-state index contributed by atoms with van der Waals surface area (Å²) in [6, 6.07) is 12.8. The fraction of sp³-hybridized carbons (Fsp3) is 0.0526. The third kappa shape index (κ3) is 3.83. The second kappa shape index (κ2) is 7.79. The van der Waals surface area contributed by atoms with Crippen LogP contribution < -0.4 is 4.74 Å². The molecule has 4 nitrogen and oxygen atoms in total. The number of ether oxygens (including phenoxy) is 1. The number of aromatic hydroxyl groups is 1. The van der Waals surface area contributed by atoms with E-state index in [4.69, 9.17) is 27.9 Å². The van der Waals surface area contributed by atoms with Gasteiger partial charge in [0.25, 0.3) is 0 Å². The molecule has 26 heavy (non-hydrogen) atoms. The lowest BCUT2D eigenvalue weighted by molar-refractivity contribution is 0.415. The van der Waals surface area contributed by atoms with Gasteiger partial charge in [-0.25, -0.2) is 4.98 Å². The minimum atomic E-state index is -0.181. The quantitative estimate of drug-likeness (QED) is 0.551. The Morgan fingerprint density at radius 3 is 2.46 bits per heavy atom. The van der Waals surface area contributed by atoms with Crippen LogP contribution >= 0.6 is 34.5 Å². The Balaban J connectivity index is 1.94. The number of hydrogen-bond donors (Lipinski definition) is 1. The standard InChI is InChI=1S/C19H12Cl2N2O2S/c1-25-14-4-2-12(3-5-14)17-10-26-19(23-17)13(9-22)6-11-7-15(20)18(24)16(21)8-11/h2-8,10,24H,1H3/b13-6+. The number of nitrogens with zero attached hydrogens (tertiary/aromatic N) is 2. The Kier molecular flexibility index (Phi) is 5.48. The van der Waals surface area contributed by atoms with E-state index in [1.54, 1.807) is 13.2 Å². The maximum atomic E-state index is 9.64. The average Bonchev–Trinajstić information content (AvgIpc) is 3.14. The molecule has 0 saturated heterocycles. The Bertz CT molecular complexity index is 998. The van der Waals surface area contributed by atoms with Crippen molar-refractivity contribution in [3.63, 3.8) is 0 Å². The van der Waals surface area contributed by atoms with Gasteiger partial charge >= 0.3 is 0 Å². The number of phenols is 1. The highest BCUT2D eigenvalue weighted by atomic mass is 35.5. The first-order valence-corrected chi connectivity index (χ1v) is 9.05. The van der Waals surface area contributed by atoms with E-state index in [1.807, 2.05) is 29.6 Å². The number of rotatable bonds is 4. The van der Waals surface area contributed by atoms with Gasteiger partial charge in [-0.1, -0.05) is 23.2 Å². The normalized spacial score (nSPS) is 11.2. The van der Waals surface area contributed by atoms with Gasteiger partial charge in [-0.05, 0) is 48.0 Å². The smallest absolute Gasteiger partial charge is 0.152 e. The van der Waals surface area contributed by atoms with Crippen molar-refractivity contribution in [3.8, 4) is 28.8 Å². The van der Waals surface area contributed by atoms with Crippen LogP contribution in [0.3, 0.4) is 0 Å². The molecule has 0 atom stereocenters. The van der Waals surface area contributed by atoms with Gasteiger partial charge < -0.3 is 9.84 Å². The lowest BCUT2D eigenvalue weighted by Gasteiger charge is -2.02. The van der Waals surface area contributed by atoms with Crippen LogP contribution in [0, 0.1) is 11.3 Å². The second-order valence-corrected chi connectivity index (χ2v) is 6.94. The fourth-order valence-electron chi connectivity index (χ4n) is 2.27. The third-order valence-electron chi connectivity index (χ3n) is 3.59.